The first-order valence-electron chi connectivity index (χ1n) is 7.22. The average molecular weight is 300 g/mol. The number of rotatable bonds is 4. The van der Waals surface area contributed by atoms with Gasteiger partial charge in [0.15, 0.2) is 0 Å². The molecule has 0 aromatic heterocycles. The zero-order valence-electron chi connectivity index (χ0n) is 12.2. The van der Waals surface area contributed by atoms with Crippen molar-refractivity contribution in [3.8, 4) is 0 Å². The van der Waals surface area contributed by atoms with Gasteiger partial charge in [0.1, 0.15) is 5.82 Å². The highest BCUT2D eigenvalue weighted by Gasteiger charge is 2.39. The molecule has 0 saturated heterocycles. The van der Waals surface area contributed by atoms with Gasteiger partial charge in [-0.15, -0.1) is 0 Å². The monoisotopic (exact) mass is 299 g/mol. The van der Waals surface area contributed by atoms with Gasteiger partial charge in [0.2, 0.25) is 0 Å². The lowest BCUT2D eigenvalue weighted by molar-refractivity contribution is -0.0557. The largest absolute Gasteiger partial charge is 0.389 e. The highest BCUT2D eigenvalue weighted by Crippen LogP contribution is 2.38. The lowest BCUT2D eigenvalue weighted by Crippen LogP contribution is -2.47. The van der Waals surface area contributed by atoms with Gasteiger partial charge in [0.25, 0.3) is 0 Å². The van der Waals surface area contributed by atoms with Crippen molar-refractivity contribution < 1.29 is 9.50 Å². The topological polar surface area (TPSA) is 23.5 Å². The summed E-state index contributed by atoms with van der Waals surface area (Å²) in [5.74, 6) is -0.151. The van der Waals surface area contributed by atoms with E-state index >= 15 is 0 Å². The van der Waals surface area contributed by atoms with Gasteiger partial charge in [-0.25, -0.2) is 4.39 Å². The van der Waals surface area contributed by atoms with Crippen LogP contribution < -0.4 is 0 Å². The van der Waals surface area contributed by atoms with Crippen LogP contribution in [0.2, 0.25) is 5.02 Å². The SMILES string of the molecule is CN(C)C[C@H]1CCCC[C@]1(O)Cc1c(F)cccc1Cl. The second kappa shape index (κ2) is 6.42. The molecule has 1 aromatic carbocycles. The fraction of sp³-hybridized carbons (Fsp3) is 0.625. The summed E-state index contributed by atoms with van der Waals surface area (Å²) in [5, 5.41) is 11.4. The van der Waals surface area contributed by atoms with Crippen molar-refractivity contribution in [2.24, 2.45) is 5.92 Å². The molecule has 2 nitrogen and oxygen atoms in total. The molecular weight excluding hydrogens is 277 g/mol. The molecule has 0 bridgehead atoms. The number of halogens is 2. The normalized spacial score (nSPS) is 27.0. The van der Waals surface area contributed by atoms with Gasteiger partial charge in [-0.3, -0.25) is 0 Å². The molecule has 112 valence electrons. The second-order valence-corrected chi connectivity index (χ2v) is 6.59. The number of aliphatic hydroxyl groups is 1. The summed E-state index contributed by atoms with van der Waals surface area (Å²) in [5.41, 5.74) is -0.406. The Morgan fingerprint density at radius 3 is 2.80 bits per heavy atom. The molecular formula is C16H23ClFNO. The molecule has 1 aliphatic carbocycles. The predicted molar refractivity (Wildman–Crippen MR) is 80.6 cm³/mol. The van der Waals surface area contributed by atoms with Crippen LogP contribution in [-0.2, 0) is 6.42 Å². The molecule has 0 aliphatic heterocycles. The molecule has 2 rings (SSSR count). The van der Waals surface area contributed by atoms with Crippen LogP contribution in [0.5, 0.6) is 0 Å². The molecule has 0 radical (unpaired) electrons. The summed E-state index contributed by atoms with van der Waals surface area (Å²) in [6.45, 7) is 0.822. The maximum absolute atomic E-state index is 14.0. The summed E-state index contributed by atoms with van der Waals surface area (Å²) < 4.78 is 14.0. The Hall–Kier alpha value is -0.640. The number of hydrogen-bond acceptors (Lipinski definition) is 2. The molecule has 2 atom stereocenters. The van der Waals surface area contributed by atoms with E-state index in [1.807, 2.05) is 14.1 Å². The highest BCUT2D eigenvalue weighted by atomic mass is 35.5. The van der Waals surface area contributed by atoms with E-state index in [0.29, 0.717) is 17.0 Å². The second-order valence-electron chi connectivity index (χ2n) is 6.19. The predicted octanol–water partition coefficient (Wildman–Crippen LogP) is 3.50. The molecule has 1 N–H and O–H groups in total. The highest BCUT2D eigenvalue weighted by molar-refractivity contribution is 6.31. The van der Waals surface area contributed by atoms with Gasteiger partial charge in [0.05, 0.1) is 5.60 Å². The molecule has 0 spiro atoms. The van der Waals surface area contributed by atoms with E-state index in [-0.39, 0.29) is 11.7 Å². The molecule has 1 aliphatic rings. The van der Waals surface area contributed by atoms with Crippen molar-refractivity contribution in [2.75, 3.05) is 20.6 Å². The Bertz CT molecular complexity index is 446. The van der Waals surface area contributed by atoms with E-state index in [4.69, 9.17) is 11.6 Å². The van der Waals surface area contributed by atoms with E-state index in [0.717, 1.165) is 32.2 Å². The maximum atomic E-state index is 14.0. The molecule has 1 fully saturated rings. The molecule has 0 heterocycles. The number of benzene rings is 1. The Labute approximate surface area is 125 Å². The van der Waals surface area contributed by atoms with Crippen molar-refractivity contribution in [2.45, 2.75) is 37.7 Å². The third kappa shape index (κ3) is 3.51. The zero-order chi connectivity index (χ0) is 14.8. The smallest absolute Gasteiger partial charge is 0.127 e. The van der Waals surface area contributed by atoms with Gasteiger partial charge < -0.3 is 10.0 Å². The first-order chi connectivity index (χ1) is 9.42. The van der Waals surface area contributed by atoms with Crippen molar-refractivity contribution in [1.82, 2.24) is 4.90 Å². The molecule has 1 saturated carbocycles. The van der Waals surface area contributed by atoms with Crippen LogP contribution in [-0.4, -0.2) is 36.2 Å². The van der Waals surface area contributed by atoms with Gasteiger partial charge in [0, 0.05) is 29.5 Å². The molecule has 0 unspecified atom stereocenters. The van der Waals surface area contributed by atoms with Crippen LogP contribution in [0.25, 0.3) is 0 Å². The fourth-order valence-corrected chi connectivity index (χ4v) is 3.47. The van der Waals surface area contributed by atoms with Crippen molar-refractivity contribution >= 4 is 11.6 Å². The summed E-state index contributed by atoms with van der Waals surface area (Å²) >= 11 is 6.10. The van der Waals surface area contributed by atoms with Gasteiger partial charge in [-0.2, -0.15) is 0 Å². The van der Waals surface area contributed by atoms with Gasteiger partial charge >= 0.3 is 0 Å². The Balaban J connectivity index is 2.23. The molecule has 4 heteroatoms. The van der Waals surface area contributed by atoms with E-state index < -0.39 is 5.60 Å². The fourth-order valence-electron chi connectivity index (χ4n) is 3.24. The summed E-state index contributed by atoms with van der Waals surface area (Å²) in [4.78, 5) is 2.09. The van der Waals surface area contributed by atoms with E-state index in [1.54, 1.807) is 12.1 Å². The maximum Gasteiger partial charge on any atom is 0.127 e. The first kappa shape index (κ1) is 15.7. The van der Waals surface area contributed by atoms with Gasteiger partial charge in [-0.05, 0) is 39.1 Å². The Morgan fingerprint density at radius 1 is 1.40 bits per heavy atom. The summed E-state index contributed by atoms with van der Waals surface area (Å²) in [6.07, 6.45) is 4.13. The van der Waals surface area contributed by atoms with Crippen LogP contribution in [0.3, 0.4) is 0 Å². The number of hydrogen-bond donors (Lipinski definition) is 1. The van der Waals surface area contributed by atoms with Crippen molar-refractivity contribution in [1.29, 1.82) is 0 Å². The van der Waals surface area contributed by atoms with E-state index in [2.05, 4.69) is 4.90 Å². The van der Waals surface area contributed by atoms with Crippen LogP contribution in [0.1, 0.15) is 31.2 Å². The molecule has 1 aromatic rings. The Kier molecular flexibility index (Phi) is 5.05. The minimum absolute atomic E-state index is 0.168. The van der Waals surface area contributed by atoms with Crippen molar-refractivity contribution in [3.05, 3.63) is 34.6 Å². The molecule has 20 heavy (non-hydrogen) atoms. The summed E-state index contributed by atoms with van der Waals surface area (Å²) in [7, 11) is 4.01. The van der Waals surface area contributed by atoms with Crippen LogP contribution in [0.4, 0.5) is 4.39 Å². The standard InChI is InChI=1S/C16H23ClFNO/c1-19(2)11-12-6-3-4-9-16(12,20)10-13-14(17)7-5-8-15(13)18/h5,7-8,12,20H,3-4,6,9-11H2,1-2H3/t12-,16+/m1/s1. The quantitative estimate of drug-likeness (QED) is 0.920. The summed E-state index contributed by atoms with van der Waals surface area (Å²) in [6, 6.07) is 4.70. The minimum Gasteiger partial charge on any atom is -0.389 e. The lowest BCUT2D eigenvalue weighted by atomic mass is 9.72. The van der Waals surface area contributed by atoms with Crippen LogP contribution in [0.15, 0.2) is 18.2 Å². The van der Waals surface area contributed by atoms with Crippen molar-refractivity contribution in [3.63, 3.8) is 0 Å². The van der Waals surface area contributed by atoms with Gasteiger partial charge in [-0.1, -0.05) is 30.5 Å². The Morgan fingerprint density at radius 2 is 2.15 bits per heavy atom. The third-order valence-corrected chi connectivity index (χ3v) is 4.66. The van der Waals surface area contributed by atoms with E-state index in [1.165, 1.54) is 6.07 Å². The molecule has 0 amide bonds. The lowest BCUT2D eigenvalue weighted by Gasteiger charge is -2.41. The number of nitrogens with zero attached hydrogens (tertiary/aromatic N) is 1. The van der Waals surface area contributed by atoms with Crippen LogP contribution >= 0.6 is 11.6 Å². The van der Waals surface area contributed by atoms with E-state index in [9.17, 15) is 9.50 Å². The zero-order valence-corrected chi connectivity index (χ0v) is 13.0. The third-order valence-electron chi connectivity index (χ3n) is 4.30. The first-order valence-corrected chi connectivity index (χ1v) is 7.60. The minimum atomic E-state index is -0.853. The van der Waals surface area contributed by atoms with Crippen LogP contribution in [0, 0.1) is 11.7 Å². The average Bonchev–Trinajstić information content (AvgIpc) is 2.37.